The summed E-state index contributed by atoms with van der Waals surface area (Å²) in [5.74, 6) is -1.26. The van der Waals surface area contributed by atoms with Gasteiger partial charge in [0.25, 0.3) is 5.91 Å². The SMILES string of the molecule is O=C(O)CCNS(=O)(=O)C1CN(C(=O)c2ccccc2)C1. The lowest BCUT2D eigenvalue weighted by atomic mass is 10.1. The van der Waals surface area contributed by atoms with E-state index in [4.69, 9.17) is 5.11 Å². The van der Waals surface area contributed by atoms with Crippen LogP contribution in [0.2, 0.25) is 0 Å². The molecule has 1 heterocycles. The molecule has 0 bridgehead atoms. The second-order valence-electron chi connectivity index (χ2n) is 4.78. The van der Waals surface area contributed by atoms with Gasteiger partial charge in [0, 0.05) is 25.2 Å². The zero-order chi connectivity index (χ0) is 15.5. The van der Waals surface area contributed by atoms with Crippen molar-refractivity contribution in [2.75, 3.05) is 19.6 Å². The van der Waals surface area contributed by atoms with Crippen molar-refractivity contribution in [2.45, 2.75) is 11.7 Å². The summed E-state index contributed by atoms with van der Waals surface area (Å²) in [5, 5.41) is 7.79. The summed E-state index contributed by atoms with van der Waals surface area (Å²) in [4.78, 5) is 23.8. The fourth-order valence-corrected chi connectivity index (χ4v) is 3.36. The Hall–Kier alpha value is -1.93. The predicted molar refractivity (Wildman–Crippen MR) is 75.3 cm³/mol. The molecule has 0 aromatic heterocycles. The molecule has 0 radical (unpaired) electrons. The van der Waals surface area contributed by atoms with E-state index in [-0.39, 0.29) is 32.0 Å². The number of carbonyl (C=O) groups excluding carboxylic acids is 1. The van der Waals surface area contributed by atoms with Gasteiger partial charge in [-0.15, -0.1) is 0 Å². The molecule has 1 fully saturated rings. The van der Waals surface area contributed by atoms with Crippen molar-refractivity contribution in [2.24, 2.45) is 0 Å². The smallest absolute Gasteiger partial charge is 0.304 e. The number of likely N-dealkylation sites (tertiary alicyclic amines) is 1. The molecule has 0 saturated carbocycles. The van der Waals surface area contributed by atoms with Gasteiger partial charge in [-0.25, -0.2) is 13.1 Å². The van der Waals surface area contributed by atoms with Gasteiger partial charge in [-0.05, 0) is 12.1 Å². The van der Waals surface area contributed by atoms with Crippen molar-refractivity contribution < 1.29 is 23.1 Å². The summed E-state index contributed by atoms with van der Waals surface area (Å²) in [6, 6.07) is 8.64. The molecule has 8 heteroatoms. The summed E-state index contributed by atoms with van der Waals surface area (Å²) in [7, 11) is -3.58. The van der Waals surface area contributed by atoms with E-state index in [1.54, 1.807) is 30.3 Å². The highest BCUT2D eigenvalue weighted by atomic mass is 32.2. The number of hydrogen-bond acceptors (Lipinski definition) is 4. The predicted octanol–water partition coefficient (Wildman–Crippen LogP) is -0.0949. The van der Waals surface area contributed by atoms with Crippen LogP contribution in [0.1, 0.15) is 16.8 Å². The molecule has 1 aliphatic rings. The Kier molecular flexibility index (Phi) is 4.59. The maximum absolute atomic E-state index is 12.0. The molecule has 0 atom stereocenters. The summed E-state index contributed by atoms with van der Waals surface area (Å²) >= 11 is 0. The summed E-state index contributed by atoms with van der Waals surface area (Å²) in [6.07, 6.45) is -0.265. The fourth-order valence-electron chi connectivity index (χ4n) is 1.98. The van der Waals surface area contributed by atoms with Crippen LogP contribution in [0.3, 0.4) is 0 Å². The molecule has 0 unspecified atom stereocenters. The summed E-state index contributed by atoms with van der Waals surface area (Å²) < 4.78 is 26.0. The third-order valence-corrected chi connectivity index (χ3v) is 5.02. The standard InChI is InChI=1S/C13H16N2O5S/c16-12(17)6-7-14-21(19,20)11-8-15(9-11)13(18)10-4-2-1-3-5-10/h1-5,11,14H,6-9H2,(H,16,17). The van der Waals surface area contributed by atoms with E-state index in [1.165, 1.54) is 4.90 Å². The molecule has 1 aromatic rings. The quantitative estimate of drug-likeness (QED) is 0.764. The van der Waals surface area contributed by atoms with Crippen molar-refractivity contribution >= 4 is 21.9 Å². The molecule has 1 aromatic carbocycles. The Morgan fingerprint density at radius 3 is 2.43 bits per heavy atom. The van der Waals surface area contributed by atoms with Gasteiger partial charge in [0.05, 0.1) is 6.42 Å². The molecule has 21 heavy (non-hydrogen) atoms. The Balaban J connectivity index is 1.85. The van der Waals surface area contributed by atoms with Crippen molar-refractivity contribution in [3.8, 4) is 0 Å². The molecule has 7 nitrogen and oxygen atoms in total. The maximum Gasteiger partial charge on any atom is 0.304 e. The van der Waals surface area contributed by atoms with Crippen LogP contribution in [0.15, 0.2) is 30.3 Å². The Bertz CT molecular complexity index is 623. The normalized spacial score (nSPS) is 15.5. The van der Waals surface area contributed by atoms with Gasteiger partial charge in [-0.2, -0.15) is 0 Å². The molecule has 2 N–H and O–H groups in total. The van der Waals surface area contributed by atoms with Crippen LogP contribution >= 0.6 is 0 Å². The average Bonchev–Trinajstić information content (AvgIpc) is 2.36. The van der Waals surface area contributed by atoms with E-state index in [9.17, 15) is 18.0 Å². The van der Waals surface area contributed by atoms with E-state index in [2.05, 4.69) is 4.72 Å². The first-order valence-electron chi connectivity index (χ1n) is 6.45. The van der Waals surface area contributed by atoms with Crippen molar-refractivity contribution in [3.05, 3.63) is 35.9 Å². The number of rotatable bonds is 6. The topological polar surface area (TPSA) is 104 Å². The van der Waals surface area contributed by atoms with Gasteiger partial charge in [-0.1, -0.05) is 18.2 Å². The lowest BCUT2D eigenvalue weighted by Crippen LogP contribution is -2.59. The van der Waals surface area contributed by atoms with Gasteiger partial charge in [0.1, 0.15) is 5.25 Å². The molecule has 2 rings (SSSR count). The molecule has 0 spiro atoms. The number of carboxylic acid groups (broad SMARTS) is 1. The molecule has 1 saturated heterocycles. The highest BCUT2D eigenvalue weighted by Gasteiger charge is 2.39. The van der Waals surface area contributed by atoms with Crippen LogP contribution < -0.4 is 4.72 Å². The summed E-state index contributed by atoms with van der Waals surface area (Å²) in [5.41, 5.74) is 0.521. The monoisotopic (exact) mass is 312 g/mol. The van der Waals surface area contributed by atoms with Crippen LogP contribution in [0, 0.1) is 0 Å². The number of nitrogens with zero attached hydrogens (tertiary/aromatic N) is 1. The number of aliphatic carboxylic acids is 1. The number of hydrogen-bond donors (Lipinski definition) is 2. The van der Waals surface area contributed by atoms with Crippen LogP contribution in [0.4, 0.5) is 0 Å². The Labute approximate surface area is 122 Å². The lowest BCUT2D eigenvalue weighted by molar-refractivity contribution is -0.136. The molecule has 1 aliphatic heterocycles. The zero-order valence-corrected chi connectivity index (χ0v) is 12.0. The third-order valence-electron chi connectivity index (χ3n) is 3.24. The highest BCUT2D eigenvalue weighted by molar-refractivity contribution is 7.90. The largest absolute Gasteiger partial charge is 0.481 e. The first-order valence-corrected chi connectivity index (χ1v) is 7.99. The molecule has 114 valence electrons. The Morgan fingerprint density at radius 1 is 1.24 bits per heavy atom. The van der Waals surface area contributed by atoms with Crippen LogP contribution in [0.25, 0.3) is 0 Å². The second-order valence-corrected chi connectivity index (χ2v) is 6.83. The van der Waals surface area contributed by atoms with Gasteiger partial charge in [0.2, 0.25) is 10.0 Å². The van der Waals surface area contributed by atoms with Crippen molar-refractivity contribution in [1.29, 1.82) is 0 Å². The number of nitrogens with one attached hydrogen (secondary N) is 1. The number of amides is 1. The molecule has 1 amide bonds. The van der Waals surface area contributed by atoms with Crippen LogP contribution in [-0.2, 0) is 14.8 Å². The van der Waals surface area contributed by atoms with Gasteiger partial charge < -0.3 is 10.0 Å². The van der Waals surface area contributed by atoms with E-state index >= 15 is 0 Å². The number of carbonyl (C=O) groups is 2. The highest BCUT2D eigenvalue weighted by Crippen LogP contribution is 2.18. The summed E-state index contributed by atoms with van der Waals surface area (Å²) in [6.45, 7) is 0.104. The minimum Gasteiger partial charge on any atom is -0.481 e. The molecule has 0 aliphatic carbocycles. The van der Waals surface area contributed by atoms with Crippen molar-refractivity contribution in [1.82, 2.24) is 9.62 Å². The lowest BCUT2D eigenvalue weighted by Gasteiger charge is -2.38. The second kappa shape index (κ2) is 6.23. The molecular weight excluding hydrogens is 296 g/mol. The van der Waals surface area contributed by atoms with E-state index in [0.717, 1.165) is 0 Å². The first kappa shape index (κ1) is 15.5. The first-order chi connectivity index (χ1) is 9.90. The van der Waals surface area contributed by atoms with Gasteiger partial charge >= 0.3 is 5.97 Å². The fraction of sp³-hybridized carbons (Fsp3) is 0.385. The molecular formula is C13H16N2O5S. The van der Waals surface area contributed by atoms with Gasteiger partial charge in [0.15, 0.2) is 0 Å². The maximum atomic E-state index is 12.0. The number of carboxylic acids is 1. The van der Waals surface area contributed by atoms with Crippen molar-refractivity contribution in [3.63, 3.8) is 0 Å². The number of sulfonamides is 1. The number of benzene rings is 1. The third kappa shape index (κ3) is 3.79. The average molecular weight is 312 g/mol. The van der Waals surface area contributed by atoms with Crippen LogP contribution in [-0.4, -0.2) is 55.2 Å². The van der Waals surface area contributed by atoms with Crippen LogP contribution in [0.5, 0.6) is 0 Å². The van der Waals surface area contributed by atoms with E-state index < -0.39 is 21.2 Å². The van der Waals surface area contributed by atoms with E-state index in [1.807, 2.05) is 0 Å². The minimum absolute atomic E-state index is 0.121. The Morgan fingerprint density at radius 2 is 1.86 bits per heavy atom. The minimum atomic E-state index is -3.58. The zero-order valence-electron chi connectivity index (χ0n) is 11.2. The van der Waals surface area contributed by atoms with E-state index in [0.29, 0.717) is 5.56 Å². The van der Waals surface area contributed by atoms with Gasteiger partial charge in [-0.3, -0.25) is 9.59 Å².